The number of fused-ring (bicyclic) bond motifs is 3. The van der Waals surface area contributed by atoms with Gasteiger partial charge in [-0.05, 0) is 58.2 Å². The van der Waals surface area contributed by atoms with E-state index in [-0.39, 0.29) is 11.7 Å². The van der Waals surface area contributed by atoms with Crippen LogP contribution in [0, 0.1) is 5.82 Å². The second-order valence-electron chi connectivity index (χ2n) is 5.18. The molecule has 0 aromatic heterocycles. The van der Waals surface area contributed by atoms with Crippen LogP contribution in [0.5, 0.6) is 0 Å². The van der Waals surface area contributed by atoms with E-state index >= 15 is 0 Å². The lowest BCUT2D eigenvalue weighted by Crippen LogP contribution is -1.98. The molecule has 1 aliphatic heterocycles. The zero-order valence-corrected chi connectivity index (χ0v) is 12.9. The van der Waals surface area contributed by atoms with Crippen LogP contribution < -0.4 is 0 Å². The summed E-state index contributed by atoms with van der Waals surface area (Å²) in [5.74, 6) is -0.680. The Morgan fingerprint density at radius 2 is 1.30 bits per heavy atom. The second-order valence-corrected chi connectivity index (χ2v) is 6.81. The van der Waals surface area contributed by atoms with E-state index in [4.69, 9.17) is 0 Å². The fraction of sp³-hybridized carbons (Fsp3) is 0. The average molecular weight is 321 g/mol. The summed E-state index contributed by atoms with van der Waals surface area (Å²) in [7, 11) is -0.631. The molecule has 1 heterocycles. The quantitative estimate of drug-likeness (QED) is 0.492. The summed E-state index contributed by atoms with van der Waals surface area (Å²) >= 11 is 0. The van der Waals surface area contributed by atoms with Crippen molar-refractivity contribution in [3.05, 3.63) is 84.2 Å². The zero-order valence-electron chi connectivity index (χ0n) is 12.1. The van der Waals surface area contributed by atoms with Crippen molar-refractivity contribution in [2.75, 3.05) is 0 Å². The van der Waals surface area contributed by atoms with Gasteiger partial charge >= 0.3 is 0 Å². The van der Waals surface area contributed by atoms with Gasteiger partial charge in [0.25, 0.3) is 5.91 Å². The number of nitrogens with zero attached hydrogens (tertiary/aromatic N) is 1. The van der Waals surface area contributed by atoms with Crippen molar-refractivity contribution in [2.24, 2.45) is 4.36 Å². The molecular formula is C19H12FNOS. The van der Waals surface area contributed by atoms with Gasteiger partial charge in [0.2, 0.25) is 0 Å². The molecule has 112 valence electrons. The van der Waals surface area contributed by atoms with Crippen LogP contribution >= 0.6 is 0 Å². The molecule has 4 rings (SSSR count). The Labute approximate surface area is 135 Å². The van der Waals surface area contributed by atoms with Crippen LogP contribution in [0.25, 0.3) is 11.1 Å². The maximum atomic E-state index is 13.0. The fourth-order valence-corrected chi connectivity index (χ4v) is 4.55. The van der Waals surface area contributed by atoms with Gasteiger partial charge in [-0.1, -0.05) is 36.4 Å². The minimum absolute atomic E-state index is 0.320. The van der Waals surface area contributed by atoms with Gasteiger partial charge in [0.05, 0.1) is 0 Å². The van der Waals surface area contributed by atoms with Crippen LogP contribution in [-0.2, 0) is 10.7 Å². The Morgan fingerprint density at radius 1 is 0.783 bits per heavy atom. The molecule has 0 radical (unpaired) electrons. The minimum atomic E-state index is -0.631. The Hall–Kier alpha value is -2.59. The molecule has 2 nitrogen and oxygen atoms in total. The van der Waals surface area contributed by atoms with E-state index in [1.807, 2.05) is 36.4 Å². The number of hydrogen-bond acceptors (Lipinski definition) is 1. The van der Waals surface area contributed by atoms with Crippen LogP contribution in [0.15, 0.2) is 87.0 Å². The normalized spacial score (nSPS) is 12.6. The molecule has 3 aromatic rings. The van der Waals surface area contributed by atoms with Gasteiger partial charge in [-0.2, -0.15) is 4.36 Å². The highest BCUT2D eigenvalue weighted by Crippen LogP contribution is 2.41. The highest BCUT2D eigenvalue weighted by Gasteiger charge is 2.23. The van der Waals surface area contributed by atoms with Crippen molar-refractivity contribution in [1.29, 1.82) is 0 Å². The average Bonchev–Trinajstić information content (AvgIpc) is 2.90. The van der Waals surface area contributed by atoms with Crippen molar-refractivity contribution in [1.82, 2.24) is 0 Å². The van der Waals surface area contributed by atoms with Crippen LogP contribution in [0.2, 0.25) is 0 Å². The number of hydrogen-bond donors (Lipinski definition) is 0. The monoisotopic (exact) mass is 321 g/mol. The molecule has 0 saturated heterocycles. The molecule has 0 spiro atoms. The molecule has 0 atom stereocenters. The molecule has 0 bridgehead atoms. The van der Waals surface area contributed by atoms with Crippen LogP contribution in [0.4, 0.5) is 4.39 Å². The summed E-state index contributed by atoms with van der Waals surface area (Å²) in [5.41, 5.74) is 2.66. The van der Waals surface area contributed by atoms with E-state index in [2.05, 4.69) is 16.5 Å². The number of carbonyl (C=O) groups is 1. The van der Waals surface area contributed by atoms with E-state index in [1.165, 1.54) is 24.3 Å². The first-order valence-corrected chi connectivity index (χ1v) is 8.37. The zero-order chi connectivity index (χ0) is 15.8. The summed E-state index contributed by atoms with van der Waals surface area (Å²) < 4.78 is 17.4. The third-order valence-corrected chi connectivity index (χ3v) is 5.64. The van der Waals surface area contributed by atoms with Gasteiger partial charge in [-0.25, -0.2) is 4.39 Å². The smallest absolute Gasteiger partial charge is 0.266 e. The fourth-order valence-electron chi connectivity index (χ4n) is 2.66. The molecule has 1 amide bonds. The molecule has 0 N–H and O–H groups in total. The van der Waals surface area contributed by atoms with Gasteiger partial charge in [0, 0.05) is 15.4 Å². The van der Waals surface area contributed by atoms with Crippen LogP contribution in [0.3, 0.4) is 0 Å². The first-order valence-electron chi connectivity index (χ1n) is 7.18. The third-order valence-electron chi connectivity index (χ3n) is 3.75. The molecule has 0 unspecified atom stereocenters. The number of amides is 1. The topological polar surface area (TPSA) is 29.4 Å². The van der Waals surface area contributed by atoms with Gasteiger partial charge in [0.15, 0.2) is 0 Å². The lowest BCUT2D eigenvalue weighted by molar-refractivity contribution is 0.100. The van der Waals surface area contributed by atoms with E-state index in [9.17, 15) is 9.18 Å². The number of rotatable bonds is 1. The first-order chi connectivity index (χ1) is 11.2. The van der Waals surface area contributed by atoms with E-state index in [0.29, 0.717) is 5.56 Å². The van der Waals surface area contributed by atoms with Crippen molar-refractivity contribution in [2.45, 2.75) is 9.79 Å². The van der Waals surface area contributed by atoms with Crippen molar-refractivity contribution in [3.8, 4) is 11.1 Å². The van der Waals surface area contributed by atoms with E-state index in [0.717, 1.165) is 20.9 Å². The third kappa shape index (κ3) is 2.41. The highest BCUT2D eigenvalue weighted by molar-refractivity contribution is 7.88. The molecule has 23 heavy (non-hydrogen) atoms. The van der Waals surface area contributed by atoms with Crippen molar-refractivity contribution in [3.63, 3.8) is 0 Å². The van der Waals surface area contributed by atoms with E-state index in [1.54, 1.807) is 0 Å². The number of benzene rings is 3. The van der Waals surface area contributed by atoms with Crippen molar-refractivity contribution >= 4 is 16.6 Å². The lowest BCUT2D eigenvalue weighted by atomic mass is 10.1. The molecule has 1 aliphatic rings. The predicted molar refractivity (Wildman–Crippen MR) is 88.9 cm³/mol. The summed E-state index contributed by atoms with van der Waals surface area (Å²) in [4.78, 5) is 14.6. The minimum Gasteiger partial charge on any atom is -0.266 e. The maximum absolute atomic E-state index is 13.0. The van der Waals surface area contributed by atoms with Crippen LogP contribution in [0.1, 0.15) is 10.4 Å². The van der Waals surface area contributed by atoms with Gasteiger partial charge in [0.1, 0.15) is 5.82 Å². The summed E-state index contributed by atoms with van der Waals surface area (Å²) in [6.45, 7) is 0. The standard InChI is InChI=1S/C19H12FNOS/c20-14-11-9-13(10-12-14)19(22)21-23-17-7-3-1-5-15(17)16-6-2-4-8-18(16)23/h1-12H. The Bertz CT molecular complexity index is 900. The molecule has 3 aromatic carbocycles. The molecule has 0 saturated carbocycles. The lowest BCUT2D eigenvalue weighted by Gasteiger charge is -2.03. The van der Waals surface area contributed by atoms with Crippen LogP contribution in [-0.4, -0.2) is 5.91 Å². The summed E-state index contributed by atoms with van der Waals surface area (Å²) in [6, 6.07) is 21.5. The van der Waals surface area contributed by atoms with Crippen molar-refractivity contribution < 1.29 is 9.18 Å². The second kappa shape index (κ2) is 5.56. The van der Waals surface area contributed by atoms with Gasteiger partial charge < -0.3 is 0 Å². The molecule has 0 aliphatic carbocycles. The summed E-state index contributed by atoms with van der Waals surface area (Å²) in [6.07, 6.45) is 0. The highest BCUT2D eigenvalue weighted by atomic mass is 32.2. The SMILES string of the molecule is O=C(N=S1c2ccccc2-c2ccccc21)c1ccc(F)cc1. The van der Waals surface area contributed by atoms with E-state index < -0.39 is 10.7 Å². The first kappa shape index (κ1) is 14.0. The van der Waals surface area contributed by atoms with Gasteiger partial charge in [-0.15, -0.1) is 0 Å². The molecular weight excluding hydrogens is 309 g/mol. The Balaban J connectivity index is 1.85. The predicted octanol–water partition coefficient (Wildman–Crippen LogP) is 4.87. The van der Waals surface area contributed by atoms with Gasteiger partial charge in [-0.3, -0.25) is 4.79 Å². The number of halogens is 1. The number of carbonyl (C=O) groups excluding carboxylic acids is 1. The molecule has 4 heteroatoms. The molecule has 0 fully saturated rings. The Kier molecular flexibility index (Phi) is 3.39. The largest absolute Gasteiger partial charge is 0.283 e. The summed E-state index contributed by atoms with van der Waals surface area (Å²) in [5, 5.41) is 0. The maximum Gasteiger partial charge on any atom is 0.283 e. The Morgan fingerprint density at radius 3 is 1.87 bits per heavy atom.